The highest BCUT2D eigenvalue weighted by molar-refractivity contribution is 7.12. The van der Waals surface area contributed by atoms with Gasteiger partial charge in [0.05, 0.1) is 7.11 Å². The van der Waals surface area contributed by atoms with E-state index in [0.29, 0.717) is 6.61 Å². The van der Waals surface area contributed by atoms with Gasteiger partial charge in [0.1, 0.15) is 18.1 Å². The minimum atomic E-state index is 0.623. The first-order valence-corrected chi connectivity index (χ1v) is 8.14. The first-order valence-electron chi connectivity index (χ1n) is 7.33. The molecule has 1 fully saturated rings. The molecule has 0 spiro atoms. The van der Waals surface area contributed by atoms with Gasteiger partial charge in [-0.15, -0.1) is 11.3 Å². The second-order valence-electron chi connectivity index (χ2n) is 5.41. The van der Waals surface area contributed by atoms with Gasteiger partial charge in [0, 0.05) is 27.9 Å². The summed E-state index contributed by atoms with van der Waals surface area (Å²) < 4.78 is 11.0. The Bertz CT molecular complexity index is 587. The lowest BCUT2D eigenvalue weighted by atomic mass is 10.2. The quantitative estimate of drug-likeness (QED) is 0.841. The first kappa shape index (κ1) is 14.4. The molecule has 1 aromatic carbocycles. The zero-order valence-corrected chi connectivity index (χ0v) is 13.3. The SMILES string of the molecule is COc1ccc(OCc2cc(CNC3CC3)sc2C)cc1. The minimum Gasteiger partial charge on any atom is -0.497 e. The molecule has 3 rings (SSSR count). The Labute approximate surface area is 129 Å². The molecule has 0 bridgehead atoms. The molecule has 0 amide bonds. The van der Waals surface area contributed by atoms with Gasteiger partial charge in [-0.1, -0.05) is 0 Å². The molecule has 4 heteroatoms. The van der Waals surface area contributed by atoms with Crippen LogP contribution in [0.2, 0.25) is 0 Å². The zero-order valence-electron chi connectivity index (χ0n) is 12.5. The van der Waals surface area contributed by atoms with Crippen molar-refractivity contribution in [2.24, 2.45) is 0 Å². The van der Waals surface area contributed by atoms with Crippen molar-refractivity contribution in [1.82, 2.24) is 5.32 Å². The summed E-state index contributed by atoms with van der Waals surface area (Å²) in [6.45, 7) is 3.77. The standard InChI is InChI=1S/C17H21NO2S/c1-12-13(9-17(21-12)10-18-14-3-4-14)11-20-16-7-5-15(19-2)6-8-16/h5-9,14,18H,3-4,10-11H2,1-2H3. The van der Waals surface area contributed by atoms with Crippen molar-refractivity contribution >= 4 is 11.3 Å². The molecule has 1 aliphatic rings. The Kier molecular flexibility index (Phi) is 4.46. The molecule has 2 aromatic rings. The third-order valence-corrected chi connectivity index (χ3v) is 4.76. The van der Waals surface area contributed by atoms with Crippen LogP contribution in [0.1, 0.15) is 28.2 Å². The van der Waals surface area contributed by atoms with Gasteiger partial charge in [0.15, 0.2) is 0 Å². The van der Waals surface area contributed by atoms with Crippen LogP contribution in [0.15, 0.2) is 30.3 Å². The van der Waals surface area contributed by atoms with Crippen LogP contribution >= 0.6 is 11.3 Å². The molecule has 0 aliphatic heterocycles. The second-order valence-corrected chi connectivity index (χ2v) is 6.75. The van der Waals surface area contributed by atoms with Gasteiger partial charge < -0.3 is 14.8 Å². The van der Waals surface area contributed by atoms with E-state index in [1.165, 1.54) is 28.2 Å². The van der Waals surface area contributed by atoms with Crippen LogP contribution < -0.4 is 14.8 Å². The third kappa shape index (κ3) is 3.99. The van der Waals surface area contributed by atoms with Crippen molar-refractivity contribution in [2.45, 2.75) is 39.0 Å². The summed E-state index contributed by atoms with van der Waals surface area (Å²) in [5.41, 5.74) is 1.28. The van der Waals surface area contributed by atoms with Crippen LogP contribution in [-0.2, 0) is 13.2 Å². The van der Waals surface area contributed by atoms with Crippen LogP contribution in [0.4, 0.5) is 0 Å². The Morgan fingerprint density at radius 1 is 1.19 bits per heavy atom. The molecule has 3 nitrogen and oxygen atoms in total. The van der Waals surface area contributed by atoms with Gasteiger partial charge in [-0.2, -0.15) is 0 Å². The lowest BCUT2D eigenvalue weighted by Gasteiger charge is -2.06. The fraction of sp³-hybridized carbons (Fsp3) is 0.412. The Hall–Kier alpha value is -1.52. The van der Waals surface area contributed by atoms with Crippen molar-refractivity contribution in [3.63, 3.8) is 0 Å². The summed E-state index contributed by atoms with van der Waals surface area (Å²) in [4.78, 5) is 2.74. The molecule has 0 unspecified atom stereocenters. The van der Waals surface area contributed by atoms with Gasteiger partial charge in [-0.3, -0.25) is 0 Å². The number of rotatable bonds is 7. The Morgan fingerprint density at radius 3 is 2.57 bits per heavy atom. The maximum absolute atomic E-state index is 5.85. The Morgan fingerprint density at radius 2 is 1.90 bits per heavy atom. The number of nitrogens with one attached hydrogen (secondary N) is 1. The van der Waals surface area contributed by atoms with Crippen LogP contribution in [0, 0.1) is 6.92 Å². The van der Waals surface area contributed by atoms with Crippen molar-refractivity contribution in [3.05, 3.63) is 45.6 Å². The van der Waals surface area contributed by atoms with E-state index < -0.39 is 0 Å². The molecule has 1 N–H and O–H groups in total. The summed E-state index contributed by atoms with van der Waals surface area (Å²) in [5, 5.41) is 3.56. The number of methoxy groups -OCH3 is 1. The molecule has 1 saturated carbocycles. The average molecular weight is 303 g/mol. The molecular weight excluding hydrogens is 282 g/mol. The van der Waals surface area contributed by atoms with E-state index in [9.17, 15) is 0 Å². The van der Waals surface area contributed by atoms with Crippen LogP contribution in [0.25, 0.3) is 0 Å². The largest absolute Gasteiger partial charge is 0.497 e. The van der Waals surface area contributed by atoms with Crippen molar-refractivity contribution < 1.29 is 9.47 Å². The van der Waals surface area contributed by atoms with E-state index in [1.54, 1.807) is 7.11 Å². The minimum absolute atomic E-state index is 0.623. The van der Waals surface area contributed by atoms with Crippen LogP contribution in [-0.4, -0.2) is 13.2 Å². The van der Waals surface area contributed by atoms with E-state index >= 15 is 0 Å². The molecule has 0 radical (unpaired) electrons. The molecule has 0 saturated heterocycles. The van der Waals surface area contributed by atoms with Gasteiger partial charge in [0.25, 0.3) is 0 Å². The first-order chi connectivity index (χ1) is 10.2. The van der Waals surface area contributed by atoms with Crippen LogP contribution in [0.3, 0.4) is 0 Å². The molecule has 1 aromatic heterocycles. The lowest BCUT2D eigenvalue weighted by Crippen LogP contribution is -2.14. The molecule has 1 heterocycles. The highest BCUT2D eigenvalue weighted by Crippen LogP contribution is 2.26. The highest BCUT2D eigenvalue weighted by atomic mass is 32.1. The topological polar surface area (TPSA) is 30.5 Å². The summed E-state index contributed by atoms with van der Waals surface area (Å²) in [7, 11) is 1.67. The van der Waals surface area contributed by atoms with Gasteiger partial charge >= 0.3 is 0 Å². The smallest absolute Gasteiger partial charge is 0.120 e. The van der Waals surface area contributed by atoms with E-state index in [0.717, 1.165) is 24.1 Å². The average Bonchev–Trinajstić information content (AvgIpc) is 3.27. The summed E-state index contributed by atoms with van der Waals surface area (Å²) in [5.74, 6) is 1.72. The molecule has 0 atom stereocenters. The van der Waals surface area contributed by atoms with Crippen molar-refractivity contribution in [2.75, 3.05) is 7.11 Å². The number of benzene rings is 1. The van der Waals surface area contributed by atoms with Gasteiger partial charge in [0.2, 0.25) is 0 Å². The number of aryl methyl sites for hydroxylation is 1. The van der Waals surface area contributed by atoms with Gasteiger partial charge in [-0.05, 0) is 50.1 Å². The highest BCUT2D eigenvalue weighted by Gasteiger charge is 2.20. The normalized spacial score (nSPS) is 14.2. The second kappa shape index (κ2) is 6.50. The monoisotopic (exact) mass is 303 g/mol. The molecular formula is C17H21NO2S. The summed E-state index contributed by atoms with van der Waals surface area (Å²) >= 11 is 1.86. The Balaban J connectivity index is 1.55. The fourth-order valence-corrected chi connectivity index (χ4v) is 3.18. The van der Waals surface area contributed by atoms with Gasteiger partial charge in [-0.25, -0.2) is 0 Å². The van der Waals surface area contributed by atoms with Crippen LogP contribution in [0.5, 0.6) is 11.5 Å². The van der Waals surface area contributed by atoms with E-state index in [2.05, 4.69) is 18.3 Å². The number of thiophene rings is 1. The van der Waals surface area contributed by atoms with Crippen molar-refractivity contribution in [3.8, 4) is 11.5 Å². The maximum Gasteiger partial charge on any atom is 0.120 e. The maximum atomic E-state index is 5.85. The number of hydrogen-bond donors (Lipinski definition) is 1. The molecule has 112 valence electrons. The third-order valence-electron chi connectivity index (χ3n) is 3.67. The predicted molar refractivity (Wildman–Crippen MR) is 86.2 cm³/mol. The van der Waals surface area contributed by atoms with E-state index in [4.69, 9.17) is 9.47 Å². The lowest BCUT2D eigenvalue weighted by molar-refractivity contribution is 0.305. The summed E-state index contributed by atoms with van der Waals surface area (Å²) in [6, 6.07) is 10.7. The predicted octanol–water partition coefficient (Wildman–Crippen LogP) is 3.90. The zero-order chi connectivity index (χ0) is 14.7. The molecule has 1 aliphatic carbocycles. The molecule has 21 heavy (non-hydrogen) atoms. The van der Waals surface area contributed by atoms with Crippen molar-refractivity contribution in [1.29, 1.82) is 0 Å². The summed E-state index contributed by atoms with van der Waals surface area (Å²) in [6.07, 6.45) is 2.66. The fourth-order valence-electron chi connectivity index (χ4n) is 2.18. The van der Waals surface area contributed by atoms with E-state index in [-0.39, 0.29) is 0 Å². The number of ether oxygens (including phenoxy) is 2. The number of hydrogen-bond acceptors (Lipinski definition) is 4. The van der Waals surface area contributed by atoms with E-state index in [1.807, 2.05) is 35.6 Å².